The number of carbonyl (C=O) groups is 1. The average Bonchev–Trinajstić information content (AvgIpc) is 2.35. The molecule has 1 N–H and O–H groups in total. The van der Waals surface area contributed by atoms with Crippen LogP contribution in [0.25, 0.3) is 0 Å². The van der Waals surface area contributed by atoms with Crippen molar-refractivity contribution in [3.63, 3.8) is 0 Å². The van der Waals surface area contributed by atoms with Gasteiger partial charge in [0.15, 0.2) is 0 Å². The Labute approximate surface area is 128 Å². The first-order valence-corrected chi connectivity index (χ1v) is 8.18. The maximum atomic E-state index is 11.8. The van der Waals surface area contributed by atoms with E-state index in [2.05, 4.69) is 46.9 Å². The Kier molecular flexibility index (Phi) is 5.25. The van der Waals surface area contributed by atoms with Crippen molar-refractivity contribution < 1.29 is 9.90 Å². The molecular formula is C16H21IO2. The highest BCUT2D eigenvalue weighted by atomic mass is 127. The van der Waals surface area contributed by atoms with Crippen LogP contribution in [0, 0.1) is 8.99 Å². The molecule has 0 bridgehead atoms. The van der Waals surface area contributed by atoms with Crippen molar-refractivity contribution in [3.05, 3.63) is 33.4 Å². The molecule has 1 aromatic carbocycles. The molecule has 104 valence electrons. The van der Waals surface area contributed by atoms with Crippen molar-refractivity contribution in [1.29, 1.82) is 0 Å². The first kappa shape index (κ1) is 14.8. The molecule has 1 saturated carbocycles. The van der Waals surface area contributed by atoms with Gasteiger partial charge in [0, 0.05) is 3.57 Å². The summed E-state index contributed by atoms with van der Waals surface area (Å²) in [6, 6.07) is 8.28. The fourth-order valence-electron chi connectivity index (χ4n) is 3.04. The second-order valence-corrected chi connectivity index (χ2v) is 6.90. The predicted molar refractivity (Wildman–Crippen MR) is 85.3 cm³/mol. The first-order chi connectivity index (χ1) is 9.12. The largest absolute Gasteiger partial charge is 0.481 e. The molecule has 1 aliphatic rings. The zero-order chi connectivity index (χ0) is 13.7. The lowest BCUT2D eigenvalue weighted by molar-refractivity contribution is -0.150. The van der Waals surface area contributed by atoms with Gasteiger partial charge in [0.2, 0.25) is 0 Å². The number of carboxylic acids is 1. The lowest BCUT2D eigenvalue weighted by Crippen LogP contribution is -2.34. The highest BCUT2D eigenvalue weighted by Gasteiger charge is 2.38. The van der Waals surface area contributed by atoms with Crippen LogP contribution < -0.4 is 0 Å². The molecule has 0 spiro atoms. The van der Waals surface area contributed by atoms with E-state index in [9.17, 15) is 9.90 Å². The minimum Gasteiger partial charge on any atom is -0.481 e. The summed E-state index contributed by atoms with van der Waals surface area (Å²) in [4.78, 5) is 11.8. The van der Waals surface area contributed by atoms with Crippen LogP contribution in [0.15, 0.2) is 24.3 Å². The van der Waals surface area contributed by atoms with Gasteiger partial charge >= 0.3 is 5.97 Å². The third kappa shape index (κ3) is 3.94. The van der Waals surface area contributed by atoms with Gasteiger partial charge in [-0.1, -0.05) is 44.2 Å². The minimum absolute atomic E-state index is 0.535. The Hall–Kier alpha value is -0.580. The van der Waals surface area contributed by atoms with Gasteiger partial charge in [-0.05, 0) is 59.5 Å². The molecule has 0 unspecified atom stereocenters. The van der Waals surface area contributed by atoms with E-state index < -0.39 is 11.4 Å². The molecule has 0 saturated heterocycles. The van der Waals surface area contributed by atoms with Gasteiger partial charge in [0.1, 0.15) is 0 Å². The number of aliphatic carboxylic acids is 1. The number of carboxylic acid groups (broad SMARTS) is 1. The highest BCUT2D eigenvalue weighted by Crippen LogP contribution is 2.37. The lowest BCUT2D eigenvalue weighted by Gasteiger charge is -2.31. The van der Waals surface area contributed by atoms with Crippen molar-refractivity contribution >= 4 is 28.6 Å². The predicted octanol–water partition coefficient (Wildman–Crippen LogP) is 4.65. The zero-order valence-corrected chi connectivity index (χ0v) is 13.4. The Morgan fingerprint density at radius 1 is 1.05 bits per heavy atom. The van der Waals surface area contributed by atoms with Crippen molar-refractivity contribution in [2.24, 2.45) is 5.41 Å². The van der Waals surface area contributed by atoms with Gasteiger partial charge in [-0.15, -0.1) is 0 Å². The van der Waals surface area contributed by atoms with Gasteiger partial charge in [-0.2, -0.15) is 0 Å². The summed E-state index contributed by atoms with van der Waals surface area (Å²) in [7, 11) is 0. The molecule has 0 amide bonds. The molecular weight excluding hydrogens is 351 g/mol. The Balaban J connectivity index is 2.17. The van der Waals surface area contributed by atoms with Gasteiger partial charge in [-0.3, -0.25) is 4.79 Å². The van der Waals surface area contributed by atoms with E-state index in [-0.39, 0.29) is 0 Å². The Morgan fingerprint density at radius 2 is 1.58 bits per heavy atom. The number of halogens is 1. The molecule has 0 radical (unpaired) electrons. The molecule has 1 aromatic rings. The van der Waals surface area contributed by atoms with Crippen molar-refractivity contribution in [1.82, 2.24) is 0 Å². The van der Waals surface area contributed by atoms with Gasteiger partial charge < -0.3 is 5.11 Å². The molecule has 0 atom stereocenters. The fourth-order valence-corrected chi connectivity index (χ4v) is 3.40. The van der Waals surface area contributed by atoms with E-state index in [1.54, 1.807) is 0 Å². The third-order valence-corrected chi connectivity index (χ3v) is 4.94. The molecule has 3 heteroatoms. The number of hydrogen-bond acceptors (Lipinski definition) is 1. The van der Waals surface area contributed by atoms with Crippen LogP contribution in [0.1, 0.15) is 50.5 Å². The molecule has 2 nitrogen and oxygen atoms in total. The van der Waals surface area contributed by atoms with E-state index in [1.165, 1.54) is 22.8 Å². The average molecular weight is 372 g/mol. The fraction of sp³-hybridized carbons (Fsp3) is 0.562. The minimum atomic E-state index is -0.604. The molecule has 0 aromatic heterocycles. The van der Waals surface area contributed by atoms with Gasteiger partial charge in [-0.25, -0.2) is 0 Å². The summed E-state index contributed by atoms with van der Waals surface area (Å²) in [5.74, 6) is -0.604. The van der Waals surface area contributed by atoms with E-state index in [1.807, 2.05) is 0 Å². The van der Waals surface area contributed by atoms with E-state index in [0.717, 1.165) is 31.2 Å². The number of rotatable bonds is 3. The van der Waals surface area contributed by atoms with Gasteiger partial charge in [0.05, 0.1) is 5.41 Å². The summed E-state index contributed by atoms with van der Waals surface area (Å²) < 4.78 is 1.20. The normalized spacial score (nSPS) is 19.4. The van der Waals surface area contributed by atoms with Crippen LogP contribution >= 0.6 is 22.6 Å². The molecule has 0 heterocycles. The van der Waals surface area contributed by atoms with E-state index in [4.69, 9.17) is 0 Å². The standard InChI is InChI=1S/C16H21IO2/c17-14-8-6-13(7-9-14)12-16(15(18)19)10-4-2-1-3-5-11-16/h6-9H,1-5,10-12H2,(H,18,19). The molecule has 1 fully saturated rings. The first-order valence-electron chi connectivity index (χ1n) is 7.10. The topological polar surface area (TPSA) is 37.3 Å². The maximum absolute atomic E-state index is 11.8. The quantitative estimate of drug-likeness (QED) is 0.785. The molecule has 2 rings (SSSR count). The van der Waals surface area contributed by atoms with Crippen molar-refractivity contribution in [3.8, 4) is 0 Å². The third-order valence-electron chi connectivity index (χ3n) is 4.22. The summed E-state index contributed by atoms with van der Waals surface area (Å²) >= 11 is 2.28. The smallest absolute Gasteiger partial charge is 0.309 e. The molecule has 19 heavy (non-hydrogen) atoms. The van der Waals surface area contributed by atoms with E-state index in [0.29, 0.717) is 6.42 Å². The Bertz CT molecular complexity index is 417. The van der Waals surface area contributed by atoms with Crippen molar-refractivity contribution in [2.45, 2.75) is 51.4 Å². The van der Waals surface area contributed by atoms with Crippen LogP contribution in [0.5, 0.6) is 0 Å². The monoisotopic (exact) mass is 372 g/mol. The Morgan fingerprint density at radius 3 is 2.11 bits per heavy atom. The number of hydrogen-bond donors (Lipinski definition) is 1. The molecule has 0 aliphatic heterocycles. The SMILES string of the molecule is O=C(O)C1(Cc2ccc(I)cc2)CCCCCCC1. The molecule has 1 aliphatic carbocycles. The van der Waals surface area contributed by atoms with Crippen LogP contribution in [0.2, 0.25) is 0 Å². The lowest BCUT2D eigenvalue weighted by atomic mass is 9.72. The van der Waals surface area contributed by atoms with Gasteiger partial charge in [0.25, 0.3) is 0 Å². The summed E-state index contributed by atoms with van der Waals surface area (Å²) in [6.07, 6.45) is 8.07. The number of benzene rings is 1. The second-order valence-electron chi connectivity index (χ2n) is 5.66. The van der Waals surface area contributed by atoms with E-state index >= 15 is 0 Å². The summed E-state index contributed by atoms with van der Waals surface area (Å²) in [6.45, 7) is 0. The maximum Gasteiger partial charge on any atom is 0.309 e. The summed E-state index contributed by atoms with van der Waals surface area (Å²) in [5, 5.41) is 9.72. The van der Waals surface area contributed by atoms with Crippen LogP contribution in [-0.2, 0) is 11.2 Å². The van der Waals surface area contributed by atoms with Crippen LogP contribution in [-0.4, -0.2) is 11.1 Å². The van der Waals surface area contributed by atoms with Crippen LogP contribution in [0.4, 0.5) is 0 Å². The zero-order valence-electron chi connectivity index (χ0n) is 11.2. The van der Waals surface area contributed by atoms with Crippen LogP contribution in [0.3, 0.4) is 0 Å². The second kappa shape index (κ2) is 6.73. The summed E-state index contributed by atoms with van der Waals surface area (Å²) in [5.41, 5.74) is 0.621. The van der Waals surface area contributed by atoms with Crippen molar-refractivity contribution in [2.75, 3.05) is 0 Å². The highest BCUT2D eigenvalue weighted by molar-refractivity contribution is 14.1.